The van der Waals surface area contributed by atoms with Gasteiger partial charge in [-0.2, -0.15) is 13.2 Å². The number of carbonyl (C=O) groups is 1. The Morgan fingerprint density at radius 1 is 1.16 bits per heavy atom. The van der Waals surface area contributed by atoms with E-state index < -0.39 is 23.7 Å². The smallest absolute Gasteiger partial charge is 0.404 e. The average molecular weight is 628 g/mol. The third-order valence-corrected chi connectivity index (χ3v) is 8.81. The highest BCUT2D eigenvalue weighted by atomic mass is 35.5. The molecule has 44 heavy (non-hydrogen) atoms. The number of nitrogens with one attached hydrogen (secondary N) is 2. The molecular formula is C32H33ClF3N5O3. The van der Waals surface area contributed by atoms with Crippen molar-refractivity contribution in [1.29, 1.82) is 0 Å². The fraction of sp³-hybridized carbons (Fsp3) is 0.375. The zero-order chi connectivity index (χ0) is 31.8. The number of anilines is 1. The van der Waals surface area contributed by atoms with Crippen molar-refractivity contribution in [3.8, 4) is 16.9 Å². The maximum absolute atomic E-state index is 13.6. The number of hydrogen-bond donors (Lipinski definition) is 2. The predicted molar refractivity (Wildman–Crippen MR) is 165 cm³/mol. The van der Waals surface area contributed by atoms with E-state index in [0.29, 0.717) is 35.7 Å². The third kappa shape index (κ3) is 6.44. The number of aryl methyl sites for hydroxylation is 2. The molecule has 3 heterocycles. The second-order valence-corrected chi connectivity index (χ2v) is 11.7. The Hall–Kier alpha value is -3.96. The van der Waals surface area contributed by atoms with Crippen LogP contribution in [0.2, 0.25) is 5.02 Å². The summed E-state index contributed by atoms with van der Waals surface area (Å²) in [6, 6.07) is 6.50. The van der Waals surface area contributed by atoms with Crippen molar-refractivity contribution in [2.75, 3.05) is 19.0 Å². The van der Waals surface area contributed by atoms with Gasteiger partial charge in [-0.15, -0.1) is 0 Å². The summed E-state index contributed by atoms with van der Waals surface area (Å²) in [6.07, 6.45) is -0.0805. The van der Waals surface area contributed by atoms with Gasteiger partial charge in [0.1, 0.15) is 23.9 Å². The van der Waals surface area contributed by atoms with Crippen molar-refractivity contribution in [3.05, 3.63) is 80.5 Å². The average Bonchev–Trinajstić information content (AvgIpc) is 2.96. The molecule has 0 saturated carbocycles. The van der Waals surface area contributed by atoms with Gasteiger partial charge in [0.2, 0.25) is 0 Å². The van der Waals surface area contributed by atoms with Crippen molar-refractivity contribution in [3.63, 3.8) is 0 Å². The van der Waals surface area contributed by atoms with Gasteiger partial charge in [0.25, 0.3) is 11.5 Å². The first-order valence-corrected chi connectivity index (χ1v) is 14.7. The Kier molecular flexibility index (Phi) is 8.99. The van der Waals surface area contributed by atoms with Gasteiger partial charge < -0.3 is 15.0 Å². The quantitative estimate of drug-likeness (QED) is 0.229. The lowest BCUT2D eigenvalue weighted by Gasteiger charge is -2.40. The van der Waals surface area contributed by atoms with E-state index in [4.69, 9.17) is 16.3 Å². The molecule has 12 heteroatoms. The van der Waals surface area contributed by atoms with E-state index in [9.17, 15) is 22.8 Å². The number of benzene rings is 2. The summed E-state index contributed by atoms with van der Waals surface area (Å²) in [5.41, 5.74) is 3.99. The zero-order valence-electron chi connectivity index (χ0n) is 24.8. The van der Waals surface area contributed by atoms with Crippen LogP contribution >= 0.6 is 11.6 Å². The largest absolute Gasteiger partial charge is 0.492 e. The number of nitrogens with zero attached hydrogens (tertiary/aromatic N) is 3. The zero-order valence-corrected chi connectivity index (χ0v) is 25.6. The molecular weight excluding hydrogens is 595 g/mol. The molecule has 8 nitrogen and oxygen atoms in total. The number of aromatic nitrogens is 3. The molecule has 1 saturated heterocycles. The molecule has 0 radical (unpaired) electrons. The number of H-pyrrole nitrogens is 1. The molecule has 0 spiro atoms. The third-order valence-electron chi connectivity index (χ3n) is 8.50. The Morgan fingerprint density at radius 3 is 2.55 bits per heavy atom. The van der Waals surface area contributed by atoms with E-state index in [0.717, 1.165) is 16.7 Å². The maximum atomic E-state index is 13.6. The van der Waals surface area contributed by atoms with E-state index in [-0.39, 0.29) is 46.8 Å². The van der Waals surface area contributed by atoms with Crippen LogP contribution in [-0.4, -0.2) is 57.7 Å². The van der Waals surface area contributed by atoms with Gasteiger partial charge in [0.15, 0.2) is 0 Å². The molecule has 2 aromatic heterocycles. The van der Waals surface area contributed by atoms with Crippen LogP contribution < -0.4 is 15.6 Å². The molecule has 5 rings (SSSR count). The van der Waals surface area contributed by atoms with Gasteiger partial charge in [-0.1, -0.05) is 23.7 Å². The first kappa shape index (κ1) is 31.5. The number of halogens is 4. The normalized spacial score (nSPS) is 17.5. The highest BCUT2D eigenvalue weighted by Crippen LogP contribution is 2.38. The summed E-state index contributed by atoms with van der Waals surface area (Å²) in [7, 11) is 1.50. The standard InChI is InChI=1S/C32H33ClF3N5O3/c1-17-12-20(13-18(2)19(17)3)28-29(44-11-9-21-6-5-7-26(41(21)4)32(34,35)36)23-14-22(24(33)15-25(23)39-31(28)43)30(42)40-27-8-10-37-16-38-27/h8,10,12-16,21,26H,5-7,9,11H2,1-4H3,(H,39,43)(H,37,38,40,42)/t21-,26+/m0/s1. The second-order valence-electron chi connectivity index (χ2n) is 11.3. The van der Waals surface area contributed by atoms with E-state index in [1.807, 2.05) is 32.9 Å². The fourth-order valence-electron chi connectivity index (χ4n) is 5.85. The minimum atomic E-state index is -4.31. The lowest BCUT2D eigenvalue weighted by Crippen LogP contribution is -2.51. The Balaban J connectivity index is 1.57. The van der Waals surface area contributed by atoms with E-state index in [2.05, 4.69) is 20.3 Å². The molecule has 232 valence electrons. The Morgan fingerprint density at radius 2 is 1.89 bits per heavy atom. The van der Waals surface area contributed by atoms with Gasteiger partial charge in [-0.25, -0.2) is 9.97 Å². The summed E-state index contributed by atoms with van der Waals surface area (Å²) in [5.74, 6) is -0.0255. The number of aromatic amines is 1. The lowest BCUT2D eigenvalue weighted by molar-refractivity contribution is -0.194. The first-order chi connectivity index (χ1) is 20.8. The summed E-state index contributed by atoms with van der Waals surface area (Å²) in [4.78, 5) is 39.0. The van der Waals surface area contributed by atoms with E-state index in [1.165, 1.54) is 36.6 Å². The molecule has 2 aromatic carbocycles. The summed E-state index contributed by atoms with van der Waals surface area (Å²) < 4.78 is 47.2. The van der Waals surface area contributed by atoms with E-state index in [1.54, 1.807) is 6.07 Å². The van der Waals surface area contributed by atoms with Gasteiger partial charge >= 0.3 is 6.18 Å². The van der Waals surface area contributed by atoms with Crippen LogP contribution in [0.15, 0.2) is 47.7 Å². The molecule has 1 aliphatic heterocycles. The Labute approximate surface area is 257 Å². The van der Waals surface area contributed by atoms with Crippen molar-refractivity contribution in [2.45, 2.75) is 64.7 Å². The minimum absolute atomic E-state index is 0.0556. The predicted octanol–water partition coefficient (Wildman–Crippen LogP) is 7.00. The number of rotatable bonds is 7. The monoisotopic (exact) mass is 627 g/mol. The molecule has 0 bridgehead atoms. The molecule has 1 aliphatic rings. The van der Waals surface area contributed by atoms with Gasteiger partial charge in [0.05, 0.1) is 28.3 Å². The number of amides is 1. The van der Waals surface area contributed by atoms with Crippen LogP contribution in [0.3, 0.4) is 0 Å². The summed E-state index contributed by atoms with van der Waals surface area (Å²) in [5, 5.41) is 3.21. The fourth-order valence-corrected chi connectivity index (χ4v) is 6.10. The van der Waals surface area contributed by atoms with Crippen LogP contribution in [-0.2, 0) is 0 Å². The highest BCUT2D eigenvalue weighted by Gasteiger charge is 2.45. The molecule has 0 unspecified atom stereocenters. The minimum Gasteiger partial charge on any atom is -0.492 e. The molecule has 2 N–H and O–H groups in total. The van der Waals surface area contributed by atoms with Crippen LogP contribution in [0.4, 0.5) is 19.0 Å². The summed E-state index contributed by atoms with van der Waals surface area (Å²) in [6.45, 7) is 5.95. The van der Waals surface area contributed by atoms with Crippen LogP contribution in [0, 0.1) is 20.8 Å². The van der Waals surface area contributed by atoms with Crippen molar-refractivity contribution >= 4 is 34.2 Å². The topological polar surface area (TPSA) is 100 Å². The molecule has 0 aliphatic carbocycles. The number of ether oxygens (including phenoxy) is 1. The number of likely N-dealkylation sites (tertiary alicyclic amines) is 1. The SMILES string of the molecule is Cc1cc(-c2c(OCC[C@@H]3CCC[C@H](C(F)(F)F)N3C)c3cc(C(=O)Nc4ccncn4)c(Cl)cc3[nH]c2=O)cc(C)c1C. The van der Waals surface area contributed by atoms with Crippen molar-refractivity contribution < 1.29 is 22.7 Å². The van der Waals surface area contributed by atoms with Crippen LogP contribution in [0.1, 0.15) is 52.7 Å². The van der Waals surface area contributed by atoms with Crippen molar-refractivity contribution in [1.82, 2.24) is 19.9 Å². The number of piperidine rings is 1. The van der Waals surface area contributed by atoms with Crippen LogP contribution in [0.25, 0.3) is 22.0 Å². The number of alkyl halides is 3. The highest BCUT2D eigenvalue weighted by molar-refractivity contribution is 6.35. The maximum Gasteiger partial charge on any atom is 0.404 e. The first-order valence-electron chi connectivity index (χ1n) is 14.3. The number of carbonyl (C=O) groups excluding carboxylic acids is 1. The van der Waals surface area contributed by atoms with E-state index >= 15 is 0 Å². The molecule has 4 aromatic rings. The number of fused-ring (bicyclic) bond motifs is 1. The lowest BCUT2D eigenvalue weighted by atomic mass is 9.94. The van der Waals surface area contributed by atoms with Gasteiger partial charge in [-0.05, 0) is 94.0 Å². The molecule has 2 atom stereocenters. The summed E-state index contributed by atoms with van der Waals surface area (Å²) >= 11 is 6.50. The Bertz CT molecular complexity index is 1740. The number of hydrogen-bond acceptors (Lipinski definition) is 6. The number of pyridine rings is 1. The van der Waals surface area contributed by atoms with Gasteiger partial charge in [-0.3, -0.25) is 14.5 Å². The molecule has 1 fully saturated rings. The van der Waals surface area contributed by atoms with Crippen molar-refractivity contribution in [2.24, 2.45) is 0 Å². The molecule has 1 amide bonds. The second kappa shape index (κ2) is 12.6. The van der Waals surface area contributed by atoms with Crippen LogP contribution in [0.5, 0.6) is 5.75 Å². The van der Waals surface area contributed by atoms with Gasteiger partial charge in [0, 0.05) is 17.6 Å².